The number of carboxylic acids is 1. The van der Waals surface area contributed by atoms with Crippen molar-refractivity contribution >= 4 is 5.97 Å². The monoisotopic (exact) mass is 223 g/mol. The second-order valence-electron chi connectivity index (χ2n) is 4.72. The van der Waals surface area contributed by atoms with E-state index < -0.39 is 5.97 Å². The first-order valence-electron chi connectivity index (χ1n) is 5.60. The van der Waals surface area contributed by atoms with E-state index in [0.717, 1.165) is 18.8 Å². The molecular weight excluding hydrogens is 206 g/mol. The molecule has 4 nitrogen and oxygen atoms in total. The van der Waals surface area contributed by atoms with Crippen LogP contribution in [0.15, 0.2) is 16.5 Å². The number of carboxylic acid groups (broad SMARTS) is 1. The van der Waals surface area contributed by atoms with Crippen molar-refractivity contribution < 1.29 is 14.3 Å². The highest BCUT2D eigenvalue weighted by molar-refractivity contribution is 5.84. The minimum absolute atomic E-state index is 0.0234. The number of rotatable bonds is 3. The van der Waals surface area contributed by atoms with Gasteiger partial charge in [-0.3, -0.25) is 4.90 Å². The van der Waals surface area contributed by atoms with Crippen LogP contribution in [0.3, 0.4) is 0 Å². The number of aromatic carboxylic acids is 1. The average Bonchev–Trinajstić information content (AvgIpc) is 2.76. The number of hydrogen-bond acceptors (Lipinski definition) is 3. The largest absolute Gasteiger partial charge is 0.475 e. The predicted octanol–water partition coefficient (Wildman–Crippen LogP) is 2.07. The molecule has 0 amide bonds. The third kappa shape index (κ3) is 2.27. The zero-order chi connectivity index (χ0) is 11.7. The molecule has 1 saturated heterocycles. The van der Waals surface area contributed by atoms with Crippen molar-refractivity contribution in [2.24, 2.45) is 11.8 Å². The molecule has 0 bridgehead atoms. The number of furan rings is 1. The third-order valence-electron chi connectivity index (χ3n) is 3.32. The van der Waals surface area contributed by atoms with Gasteiger partial charge in [-0.25, -0.2) is 4.79 Å². The fourth-order valence-corrected chi connectivity index (χ4v) is 2.18. The highest BCUT2D eigenvalue weighted by Gasteiger charge is 2.26. The molecule has 1 aromatic heterocycles. The zero-order valence-electron chi connectivity index (χ0n) is 9.64. The van der Waals surface area contributed by atoms with E-state index in [-0.39, 0.29) is 5.76 Å². The zero-order valence-corrected chi connectivity index (χ0v) is 9.64. The van der Waals surface area contributed by atoms with Crippen molar-refractivity contribution in [3.05, 3.63) is 23.7 Å². The van der Waals surface area contributed by atoms with Gasteiger partial charge in [0.1, 0.15) is 5.76 Å². The lowest BCUT2D eigenvalue weighted by Crippen LogP contribution is -2.19. The number of hydrogen-bond donors (Lipinski definition) is 1. The molecule has 0 saturated carbocycles. The van der Waals surface area contributed by atoms with E-state index in [1.54, 1.807) is 6.07 Å². The molecule has 2 atom stereocenters. The quantitative estimate of drug-likeness (QED) is 0.852. The maximum Gasteiger partial charge on any atom is 0.371 e. The van der Waals surface area contributed by atoms with Crippen molar-refractivity contribution in [1.29, 1.82) is 0 Å². The second-order valence-corrected chi connectivity index (χ2v) is 4.72. The van der Waals surface area contributed by atoms with E-state index >= 15 is 0 Å². The second kappa shape index (κ2) is 4.29. The maximum atomic E-state index is 10.6. The molecule has 16 heavy (non-hydrogen) atoms. The molecule has 1 aliphatic heterocycles. The van der Waals surface area contributed by atoms with Crippen LogP contribution in [-0.4, -0.2) is 29.1 Å². The van der Waals surface area contributed by atoms with Gasteiger partial charge in [0.15, 0.2) is 0 Å². The van der Waals surface area contributed by atoms with Gasteiger partial charge in [-0.15, -0.1) is 0 Å². The Bertz CT molecular complexity index is 375. The summed E-state index contributed by atoms with van der Waals surface area (Å²) in [6.07, 6.45) is 0. The van der Waals surface area contributed by atoms with Crippen molar-refractivity contribution in [3.63, 3.8) is 0 Å². The summed E-state index contributed by atoms with van der Waals surface area (Å²) in [5.41, 5.74) is 0. The predicted molar refractivity (Wildman–Crippen MR) is 59.3 cm³/mol. The van der Waals surface area contributed by atoms with Gasteiger partial charge in [-0.1, -0.05) is 13.8 Å². The molecule has 4 heteroatoms. The Labute approximate surface area is 94.9 Å². The normalized spacial score (nSPS) is 26.1. The molecule has 2 rings (SSSR count). The van der Waals surface area contributed by atoms with Crippen LogP contribution in [0.25, 0.3) is 0 Å². The molecular formula is C12H17NO3. The average molecular weight is 223 g/mol. The summed E-state index contributed by atoms with van der Waals surface area (Å²) in [7, 11) is 0. The molecule has 0 radical (unpaired) electrons. The van der Waals surface area contributed by atoms with Crippen LogP contribution in [0.1, 0.15) is 30.2 Å². The first-order valence-corrected chi connectivity index (χ1v) is 5.60. The summed E-state index contributed by atoms with van der Waals surface area (Å²) < 4.78 is 5.24. The summed E-state index contributed by atoms with van der Waals surface area (Å²) in [6, 6.07) is 3.26. The number of likely N-dealkylation sites (tertiary alicyclic amines) is 1. The smallest absolute Gasteiger partial charge is 0.371 e. The molecule has 0 unspecified atom stereocenters. The van der Waals surface area contributed by atoms with Gasteiger partial charge in [0, 0.05) is 13.1 Å². The van der Waals surface area contributed by atoms with Crippen molar-refractivity contribution in [2.45, 2.75) is 20.4 Å². The van der Waals surface area contributed by atoms with Gasteiger partial charge in [0.25, 0.3) is 0 Å². The summed E-state index contributed by atoms with van der Waals surface area (Å²) in [6.45, 7) is 7.32. The Morgan fingerprint density at radius 2 is 2.06 bits per heavy atom. The molecule has 1 N–H and O–H groups in total. The van der Waals surface area contributed by atoms with Crippen molar-refractivity contribution in [1.82, 2.24) is 4.90 Å². The van der Waals surface area contributed by atoms with Gasteiger partial charge in [-0.05, 0) is 24.0 Å². The van der Waals surface area contributed by atoms with Gasteiger partial charge >= 0.3 is 5.97 Å². The topological polar surface area (TPSA) is 53.7 Å². The van der Waals surface area contributed by atoms with E-state index in [1.165, 1.54) is 6.07 Å². The highest BCUT2D eigenvalue weighted by atomic mass is 16.4. The maximum absolute atomic E-state index is 10.6. The molecule has 0 aliphatic carbocycles. The Hall–Kier alpha value is -1.29. The van der Waals surface area contributed by atoms with Crippen molar-refractivity contribution in [3.8, 4) is 0 Å². The molecule has 0 spiro atoms. The van der Waals surface area contributed by atoms with Crippen LogP contribution in [0.2, 0.25) is 0 Å². The standard InChI is InChI=1S/C12H17NO3/c1-8-5-13(6-9(8)2)7-10-3-4-11(16-10)12(14)15/h3-4,8-9H,5-7H2,1-2H3,(H,14,15)/t8-,9-/m1/s1. The first kappa shape index (κ1) is 11.2. The van der Waals surface area contributed by atoms with Crippen LogP contribution in [0, 0.1) is 11.8 Å². The Balaban J connectivity index is 1.97. The minimum Gasteiger partial charge on any atom is -0.475 e. The van der Waals surface area contributed by atoms with Gasteiger partial charge in [0.2, 0.25) is 5.76 Å². The fraction of sp³-hybridized carbons (Fsp3) is 0.583. The van der Waals surface area contributed by atoms with E-state index in [2.05, 4.69) is 18.7 Å². The first-order chi connectivity index (χ1) is 7.56. The Kier molecular flexibility index (Phi) is 3.01. The lowest BCUT2D eigenvalue weighted by atomic mass is 10.0. The molecule has 2 heterocycles. The third-order valence-corrected chi connectivity index (χ3v) is 3.32. The summed E-state index contributed by atoms with van der Waals surface area (Å²) in [4.78, 5) is 13.0. The van der Waals surface area contributed by atoms with Crippen LogP contribution in [-0.2, 0) is 6.54 Å². The minimum atomic E-state index is -1.01. The Morgan fingerprint density at radius 3 is 2.56 bits per heavy atom. The number of carbonyl (C=O) groups is 1. The molecule has 0 aromatic carbocycles. The lowest BCUT2D eigenvalue weighted by molar-refractivity contribution is 0.0658. The summed E-state index contributed by atoms with van der Waals surface area (Å²) >= 11 is 0. The SMILES string of the molecule is C[C@@H]1CN(Cc2ccc(C(=O)O)o2)C[C@H]1C. The summed E-state index contributed by atoms with van der Waals surface area (Å²) in [5, 5.41) is 8.74. The number of nitrogens with zero attached hydrogens (tertiary/aromatic N) is 1. The van der Waals surface area contributed by atoms with Crippen LogP contribution in [0.5, 0.6) is 0 Å². The van der Waals surface area contributed by atoms with Crippen molar-refractivity contribution in [2.75, 3.05) is 13.1 Å². The molecule has 1 aliphatic rings. The highest BCUT2D eigenvalue weighted by Crippen LogP contribution is 2.24. The van der Waals surface area contributed by atoms with E-state index in [4.69, 9.17) is 9.52 Å². The molecule has 1 aromatic rings. The van der Waals surface area contributed by atoms with E-state index in [1.807, 2.05) is 0 Å². The van der Waals surface area contributed by atoms with E-state index in [9.17, 15) is 4.79 Å². The fourth-order valence-electron chi connectivity index (χ4n) is 2.18. The Morgan fingerprint density at radius 1 is 1.44 bits per heavy atom. The van der Waals surface area contributed by atoms with Gasteiger partial charge in [-0.2, -0.15) is 0 Å². The molecule has 88 valence electrons. The lowest BCUT2D eigenvalue weighted by Gasteiger charge is -2.12. The summed E-state index contributed by atoms with van der Waals surface area (Å²) in [5.74, 6) is 1.16. The van der Waals surface area contributed by atoms with Crippen LogP contribution in [0.4, 0.5) is 0 Å². The van der Waals surface area contributed by atoms with Gasteiger partial charge < -0.3 is 9.52 Å². The molecule has 1 fully saturated rings. The van der Waals surface area contributed by atoms with Gasteiger partial charge in [0.05, 0.1) is 6.54 Å². The van der Waals surface area contributed by atoms with E-state index in [0.29, 0.717) is 18.4 Å². The van der Waals surface area contributed by atoms with Crippen LogP contribution >= 0.6 is 0 Å². The van der Waals surface area contributed by atoms with Crippen LogP contribution < -0.4 is 0 Å².